The quantitative estimate of drug-likeness (QED) is 0.346. The number of hydrogen-bond acceptors (Lipinski definition) is 6. The van der Waals surface area contributed by atoms with Gasteiger partial charge in [0.25, 0.3) is 5.69 Å². The van der Waals surface area contributed by atoms with Crippen LogP contribution in [0.2, 0.25) is 0 Å². The summed E-state index contributed by atoms with van der Waals surface area (Å²) in [7, 11) is 0. The van der Waals surface area contributed by atoms with Crippen molar-refractivity contribution in [2.75, 3.05) is 11.9 Å². The van der Waals surface area contributed by atoms with Gasteiger partial charge in [-0.2, -0.15) is 0 Å². The fraction of sp³-hybridized carbons (Fsp3) is 0.125. The molecule has 9 heteroatoms. The van der Waals surface area contributed by atoms with E-state index in [4.69, 9.17) is 17.0 Å². The zero-order valence-corrected chi connectivity index (χ0v) is 14.9. The van der Waals surface area contributed by atoms with Crippen LogP contribution in [0.15, 0.2) is 41.8 Å². The third-order valence-corrected chi connectivity index (χ3v) is 3.95. The van der Waals surface area contributed by atoms with E-state index in [0.29, 0.717) is 12.4 Å². The summed E-state index contributed by atoms with van der Waals surface area (Å²) in [5.74, 6) is -0.0481. The number of thiocarbonyl (C=S) groups is 1. The molecule has 2 N–H and O–H groups in total. The largest absolute Gasteiger partial charge is 0.494 e. The zero-order chi connectivity index (χ0) is 18.2. The zero-order valence-electron chi connectivity index (χ0n) is 13.2. The predicted molar refractivity (Wildman–Crippen MR) is 102 cm³/mol. The van der Waals surface area contributed by atoms with Crippen molar-refractivity contribution in [3.8, 4) is 5.75 Å². The summed E-state index contributed by atoms with van der Waals surface area (Å²) in [6.07, 6.45) is 2.99. The lowest BCUT2D eigenvalue weighted by atomic mass is 10.2. The minimum Gasteiger partial charge on any atom is -0.494 e. The lowest BCUT2D eigenvalue weighted by Gasteiger charge is -2.10. The Morgan fingerprint density at radius 2 is 2.24 bits per heavy atom. The number of nitrogens with zero attached hydrogens (tertiary/aromatic N) is 1. The Balaban J connectivity index is 2.02. The van der Waals surface area contributed by atoms with E-state index in [2.05, 4.69) is 10.6 Å². The Kier molecular flexibility index (Phi) is 6.61. The molecule has 0 radical (unpaired) electrons. The average Bonchev–Trinajstić information content (AvgIpc) is 3.08. The van der Waals surface area contributed by atoms with Crippen LogP contribution in [-0.4, -0.2) is 22.5 Å². The van der Waals surface area contributed by atoms with Crippen molar-refractivity contribution in [1.29, 1.82) is 0 Å². The standard InChI is InChI=1S/C16H15N3O4S2/c1-2-23-11-5-7-13(14(10-11)19(21)22)17-16(24)18-15(20)8-6-12-4-3-9-25-12/h3-10H,2H2,1H3,(H2,17,18,20,24). The number of ether oxygens (including phenoxy) is 1. The Hall–Kier alpha value is -2.78. The molecule has 1 aromatic carbocycles. The summed E-state index contributed by atoms with van der Waals surface area (Å²) in [5.41, 5.74) is -0.0299. The maximum atomic E-state index is 11.8. The molecule has 7 nitrogen and oxygen atoms in total. The molecule has 0 saturated heterocycles. The maximum absolute atomic E-state index is 11.8. The molecule has 0 unspecified atom stereocenters. The number of benzene rings is 1. The molecule has 1 heterocycles. The molecule has 1 amide bonds. The summed E-state index contributed by atoms with van der Waals surface area (Å²) in [5, 5.41) is 18.1. The third kappa shape index (κ3) is 5.66. The fourth-order valence-electron chi connectivity index (χ4n) is 1.88. The van der Waals surface area contributed by atoms with Crippen molar-refractivity contribution in [2.24, 2.45) is 0 Å². The number of nitro benzene ring substituents is 1. The second-order valence-electron chi connectivity index (χ2n) is 4.66. The average molecular weight is 377 g/mol. The van der Waals surface area contributed by atoms with Gasteiger partial charge in [0.1, 0.15) is 11.4 Å². The monoisotopic (exact) mass is 377 g/mol. The van der Waals surface area contributed by atoms with Crippen molar-refractivity contribution in [3.05, 3.63) is 56.8 Å². The topological polar surface area (TPSA) is 93.5 Å². The van der Waals surface area contributed by atoms with Gasteiger partial charge in [0.15, 0.2) is 5.11 Å². The first-order valence-corrected chi connectivity index (χ1v) is 8.53. The lowest BCUT2D eigenvalue weighted by Crippen LogP contribution is -2.33. The number of nitrogens with one attached hydrogen (secondary N) is 2. The van der Waals surface area contributed by atoms with Crippen LogP contribution in [-0.2, 0) is 4.79 Å². The first-order valence-electron chi connectivity index (χ1n) is 7.24. The highest BCUT2D eigenvalue weighted by Crippen LogP contribution is 2.29. The van der Waals surface area contributed by atoms with Gasteiger partial charge in [0.2, 0.25) is 5.91 Å². The maximum Gasteiger partial charge on any atom is 0.296 e. The van der Waals surface area contributed by atoms with Gasteiger partial charge in [0.05, 0.1) is 17.6 Å². The van der Waals surface area contributed by atoms with E-state index in [9.17, 15) is 14.9 Å². The summed E-state index contributed by atoms with van der Waals surface area (Å²) >= 11 is 6.52. The van der Waals surface area contributed by atoms with E-state index in [1.54, 1.807) is 19.1 Å². The molecule has 0 spiro atoms. The molecule has 25 heavy (non-hydrogen) atoms. The van der Waals surface area contributed by atoms with Gasteiger partial charge in [-0.3, -0.25) is 20.2 Å². The Labute approximate surface area is 153 Å². The molecule has 0 aliphatic carbocycles. The molecular weight excluding hydrogens is 362 g/mol. The number of carbonyl (C=O) groups excluding carboxylic acids is 1. The second kappa shape index (κ2) is 8.90. The molecule has 0 atom stereocenters. The fourth-order valence-corrected chi connectivity index (χ4v) is 2.70. The predicted octanol–water partition coefficient (Wildman–Crippen LogP) is 3.58. The summed E-state index contributed by atoms with van der Waals surface area (Å²) in [4.78, 5) is 23.4. The Bertz CT molecular complexity index is 804. The van der Waals surface area contributed by atoms with Gasteiger partial charge in [0, 0.05) is 11.0 Å². The van der Waals surface area contributed by atoms with Crippen molar-refractivity contribution >= 4 is 52.0 Å². The molecular formula is C16H15N3O4S2. The summed E-state index contributed by atoms with van der Waals surface area (Å²) in [6.45, 7) is 2.18. The van der Waals surface area contributed by atoms with Gasteiger partial charge < -0.3 is 10.1 Å². The number of carbonyl (C=O) groups is 1. The molecule has 0 fully saturated rings. The molecule has 0 aliphatic heterocycles. The van der Waals surface area contributed by atoms with Gasteiger partial charge in [-0.1, -0.05) is 6.07 Å². The highest BCUT2D eigenvalue weighted by molar-refractivity contribution is 7.80. The van der Waals surface area contributed by atoms with Crippen LogP contribution in [0.4, 0.5) is 11.4 Å². The third-order valence-electron chi connectivity index (χ3n) is 2.90. The molecule has 130 valence electrons. The summed E-state index contributed by atoms with van der Waals surface area (Å²) < 4.78 is 5.25. The van der Waals surface area contributed by atoms with Crippen LogP contribution < -0.4 is 15.4 Å². The van der Waals surface area contributed by atoms with Crippen molar-refractivity contribution in [3.63, 3.8) is 0 Å². The highest BCUT2D eigenvalue weighted by Gasteiger charge is 2.16. The van der Waals surface area contributed by atoms with Gasteiger partial charge in [-0.25, -0.2) is 0 Å². The number of thiophene rings is 1. The van der Waals surface area contributed by atoms with E-state index in [1.165, 1.54) is 29.5 Å². The molecule has 0 bridgehead atoms. The van der Waals surface area contributed by atoms with Crippen LogP contribution in [0.3, 0.4) is 0 Å². The van der Waals surface area contributed by atoms with E-state index < -0.39 is 10.8 Å². The molecule has 2 rings (SSSR count). The smallest absolute Gasteiger partial charge is 0.296 e. The first-order chi connectivity index (χ1) is 12.0. The van der Waals surface area contributed by atoms with Crippen molar-refractivity contribution < 1.29 is 14.5 Å². The Morgan fingerprint density at radius 1 is 1.44 bits per heavy atom. The number of nitro groups is 1. The van der Waals surface area contributed by atoms with Gasteiger partial charge in [-0.15, -0.1) is 11.3 Å². The second-order valence-corrected chi connectivity index (χ2v) is 6.05. The normalized spacial score (nSPS) is 10.4. The highest BCUT2D eigenvalue weighted by atomic mass is 32.1. The van der Waals surface area contributed by atoms with Crippen molar-refractivity contribution in [1.82, 2.24) is 5.32 Å². The number of hydrogen-bond donors (Lipinski definition) is 2. The van der Waals surface area contributed by atoms with Gasteiger partial charge in [-0.05, 0) is 48.8 Å². The number of anilines is 1. The van der Waals surface area contributed by atoms with E-state index >= 15 is 0 Å². The minimum atomic E-state index is -0.550. The van der Waals surface area contributed by atoms with E-state index in [0.717, 1.165) is 4.88 Å². The molecule has 0 saturated carbocycles. The van der Waals surface area contributed by atoms with Crippen LogP contribution in [0.1, 0.15) is 11.8 Å². The van der Waals surface area contributed by atoms with Crippen LogP contribution in [0, 0.1) is 10.1 Å². The Morgan fingerprint density at radius 3 is 2.88 bits per heavy atom. The van der Waals surface area contributed by atoms with Crippen LogP contribution >= 0.6 is 23.6 Å². The van der Waals surface area contributed by atoms with E-state index in [-0.39, 0.29) is 16.5 Å². The van der Waals surface area contributed by atoms with E-state index in [1.807, 2.05) is 17.5 Å². The SMILES string of the molecule is CCOc1ccc(NC(=S)NC(=O)C=Cc2cccs2)c([N+](=O)[O-])c1. The molecule has 0 aliphatic rings. The molecule has 1 aromatic heterocycles. The van der Waals surface area contributed by atoms with Crippen LogP contribution in [0.25, 0.3) is 6.08 Å². The number of rotatable bonds is 6. The van der Waals surface area contributed by atoms with Crippen LogP contribution in [0.5, 0.6) is 5.75 Å². The molecule has 2 aromatic rings. The first kappa shape index (κ1) is 18.6. The minimum absolute atomic E-state index is 0.0342. The number of amides is 1. The van der Waals surface area contributed by atoms with Gasteiger partial charge >= 0.3 is 0 Å². The lowest BCUT2D eigenvalue weighted by molar-refractivity contribution is -0.384. The van der Waals surface area contributed by atoms with Crippen molar-refractivity contribution in [2.45, 2.75) is 6.92 Å². The summed E-state index contributed by atoms with van der Waals surface area (Å²) in [6, 6.07) is 8.10.